The van der Waals surface area contributed by atoms with Crippen molar-refractivity contribution in [2.45, 2.75) is 18.4 Å². The number of nitrogens with one attached hydrogen (secondary N) is 1. The summed E-state index contributed by atoms with van der Waals surface area (Å²) in [6.45, 7) is 1.99. The van der Waals surface area contributed by atoms with Gasteiger partial charge in [-0.15, -0.1) is 0 Å². The van der Waals surface area contributed by atoms with Gasteiger partial charge < -0.3 is 10.2 Å². The van der Waals surface area contributed by atoms with E-state index in [0.29, 0.717) is 13.1 Å². The first-order valence-electron chi connectivity index (χ1n) is 6.11. The number of amides is 1. The molecule has 1 aliphatic heterocycles. The quantitative estimate of drug-likeness (QED) is 0.822. The number of carbonyl (C=O) groups excluding carboxylic acids is 1. The van der Waals surface area contributed by atoms with Gasteiger partial charge in [0.1, 0.15) is 0 Å². The van der Waals surface area contributed by atoms with Gasteiger partial charge in [-0.05, 0) is 25.0 Å². The van der Waals surface area contributed by atoms with Gasteiger partial charge in [0.15, 0.2) is 11.6 Å². The molecule has 1 saturated heterocycles. The fourth-order valence-electron chi connectivity index (χ4n) is 2.57. The number of carbonyl (C=O) groups is 1. The molecule has 3 rings (SSSR count). The molecule has 18 heavy (non-hydrogen) atoms. The van der Waals surface area contributed by atoms with E-state index in [0.717, 1.165) is 25.5 Å². The molecule has 0 radical (unpaired) electrons. The Morgan fingerprint density at radius 3 is 2.83 bits per heavy atom. The van der Waals surface area contributed by atoms with Crippen LogP contribution in [-0.2, 0) is 0 Å². The van der Waals surface area contributed by atoms with E-state index >= 15 is 0 Å². The second kappa shape index (κ2) is 4.02. The SMILES string of the molecule is O=C(c1cccc(F)c1F)N1CCNCC12CC2. The highest BCUT2D eigenvalue weighted by molar-refractivity contribution is 5.95. The fraction of sp³-hybridized carbons (Fsp3) is 0.462. The number of benzene rings is 1. The van der Waals surface area contributed by atoms with Gasteiger partial charge in [0, 0.05) is 19.6 Å². The molecule has 1 heterocycles. The van der Waals surface area contributed by atoms with Crippen LogP contribution >= 0.6 is 0 Å². The zero-order valence-electron chi connectivity index (χ0n) is 9.88. The van der Waals surface area contributed by atoms with E-state index in [1.165, 1.54) is 12.1 Å². The molecule has 1 saturated carbocycles. The van der Waals surface area contributed by atoms with Crippen LogP contribution in [0, 0.1) is 11.6 Å². The van der Waals surface area contributed by atoms with Crippen molar-refractivity contribution in [3.05, 3.63) is 35.4 Å². The van der Waals surface area contributed by atoms with Gasteiger partial charge in [-0.25, -0.2) is 8.78 Å². The smallest absolute Gasteiger partial charge is 0.257 e. The molecular weight excluding hydrogens is 238 g/mol. The molecule has 1 aromatic rings. The van der Waals surface area contributed by atoms with Crippen molar-refractivity contribution in [2.24, 2.45) is 0 Å². The maximum absolute atomic E-state index is 13.6. The maximum atomic E-state index is 13.6. The molecule has 96 valence electrons. The lowest BCUT2D eigenvalue weighted by Gasteiger charge is -2.36. The van der Waals surface area contributed by atoms with E-state index in [1.54, 1.807) is 4.90 Å². The van der Waals surface area contributed by atoms with Crippen LogP contribution < -0.4 is 5.32 Å². The molecule has 1 aromatic carbocycles. The van der Waals surface area contributed by atoms with Crippen LogP contribution in [-0.4, -0.2) is 36.0 Å². The van der Waals surface area contributed by atoms with Crippen LogP contribution in [0.25, 0.3) is 0 Å². The van der Waals surface area contributed by atoms with Gasteiger partial charge in [-0.2, -0.15) is 0 Å². The molecule has 1 spiro atoms. The third-order valence-electron chi connectivity index (χ3n) is 3.79. The number of piperazine rings is 1. The Balaban J connectivity index is 1.92. The standard InChI is InChI=1S/C13H14F2N2O/c14-10-3-1-2-9(11(10)15)12(18)17-7-6-16-8-13(17)4-5-13/h1-3,16H,4-8H2. The van der Waals surface area contributed by atoms with Crippen molar-refractivity contribution < 1.29 is 13.6 Å². The number of nitrogens with zero attached hydrogens (tertiary/aromatic N) is 1. The Kier molecular flexibility index (Phi) is 2.59. The lowest BCUT2D eigenvalue weighted by atomic mass is 10.1. The highest BCUT2D eigenvalue weighted by atomic mass is 19.2. The summed E-state index contributed by atoms with van der Waals surface area (Å²) in [5, 5.41) is 3.24. The maximum Gasteiger partial charge on any atom is 0.257 e. The molecule has 2 aliphatic rings. The fourth-order valence-corrected chi connectivity index (χ4v) is 2.57. The molecule has 0 unspecified atom stereocenters. The summed E-state index contributed by atoms with van der Waals surface area (Å²) in [6.07, 6.45) is 1.87. The van der Waals surface area contributed by atoms with Crippen LogP contribution in [0.2, 0.25) is 0 Å². The highest BCUT2D eigenvalue weighted by Gasteiger charge is 2.51. The van der Waals surface area contributed by atoms with Crippen LogP contribution in [0.5, 0.6) is 0 Å². The van der Waals surface area contributed by atoms with E-state index < -0.39 is 17.5 Å². The first kappa shape index (κ1) is 11.6. The predicted octanol–water partition coefficient (Wildman–Crippen LogP) is 1.54. The number of halogens is 2. The van der Waals surface area contributed by atoms with Crippen LogP contribution in [0.3, 0.4) is 0 Å². The Hall–Kier alpha value is -1.49. The van der Waals surface area contributed by atoms with Crippen molar-refractivity contribution in [2.75, 3.05) is 19.6 Å². The third kappa shape index (κ3) is 1.70. The molecule has 0 bridgehead atoms. The van der Waals surface area contributed by atoms with Crippen molar-refractivity contribution in [3.8, 4) is 0 Å². The second-order valence-electron chi connectivity index (χ2n) is 4.96. The van der Waals surface area contributed by atoms with Gasteiger partial charge in [-0.1, -0.05) is 6.07 Å². The Morgan fingerprint density at radius 2 is 2.11 bits per heavy atom. The first-order chi connectivity index (χ1) is 8.64. The number of rotatable bonds is 1. The molecular formula is C13H14F2N2O. The zero-order chi connectivity index (χ0) is 12.8. The van der Waals surface area contributed by atoms with Gasteiger partial charge in [-0.3, -0.25) is 4.79 Å². The predicted molar refractivity (Wildman–Crippen MR) is 62.2 cm³/mol. The number of hydrogen-bond donors (Lipinski definition) is 1. The molecule has 0 aromatic heterocycles. The minimum Gasteiger partial charge on any atom is -0.330 e. The summed E-state index contributed by atoms with van der Waals surface area (Å²) in [5.74, 6) is -2.41. The Morgan fingerprint density at radius 1 is 1.33 bits per heavy atom. The van der Waals surface area contributed by atoms with E-state index in [4.69, 9.17) is 0 Å². The minimum absolute atomic E-state index is 0.159. The first-order valence-corrected chi connectivity index (χ1v) is 6.11. The molecule has 2 fully saturated rings. The summed E-state index contributed by atoms with van der Waals surface area (Å²) in [5.41, 5.74) is -0.322. The Labute approximate surface area is 104 Å². The second-order valence-corrected chi connectivity index (χ2v) is 4.96. The van der Waals surface area contributed by atoms with Gasteiger partial charge >= 0.3 is 0 Å². The number of hydrogen-bond acceptors (Lipinski definition) is 2. The monoisotopic (exact) mass is 252 g/mol. The van der Waals surface area contributed by atoms with E-state index in [2.05, 4.69) is 5.32 Å². The van der Waals surface area contributed by atoms with Crippen molar-refractivity contribution in [3.63, 3.8) is 0 Å². The van der Waals surface area contributed by atoms with Crippen molar-refractivity contribution in [1.29, 1.82) is 0 Å². The van der Waals surface area contributed by atoms with Crippen molar-refractivity contribution in [1.82, 2.24) is 10.2 Å². The zero-order valence-corrected chi connectivity index (χ0v) is 9.88. The van der Waals surface area contributed by atoms with Gasteiger partial charge in [0.2, 0.25) is 0 Å². The van der Waals surface area contributed by atoms with Crippen LogP contribution in [0.1, 0.15) is 23.2 Å². The average Bonchev–Trinajstić information content (AvgIpc) is 3.13. The van der Waals surface area contributed by atoms with Gasteiger partial charge in [0.25, 0.3) is 5.91 Å². The van der Waals surface area contributed by atoms with E-state index in [1.807, 2.05) is 0 Å². The summed E-state index contributed by atoms with van der Waals surface area (Å²) in [6, 6.07) is 3.74. The normalized spacial score (nSPS) is 21.1. The average molecular weight is 252 g/mol. The summed E-state index contributed by atoms with van der Waals surface area (Å²) < 4.78 is 26.8. The molecule has 3 nitrogen and oxygen atoms in total. The minimum atomic E-state index is -1.04. The van der Waals surface area contributed by atoms with Crippen LogP contribution in [0.15, 0.2) is 18.2 Å². The molecule has 1 N–H and O–H groups in total. The van der Waals surface area contributed by atoms with Crippen molar-refractivity contribution >= 4 is 5.91 Å². The molecule has 0 atom stereocenters. The Bertz CT molecular complexity index is 500. The lowest BCUT2D eigenvalue weighted by molar-refractivity contribution is 0.0594. The third-order valence-corrected chi connectivity index (χ3v) is 3.79. The molecule has 5 heteroatoms. The van der Waals surface area contributed by atoms with E-state index in [9.17, 15) is 13.6 Å². The van der Waals surface area contributed by atoms with E-state index in [-0.39, 0.29) is 11.1 Å². The summed E-state index contributed by atoms with van der Waals surface area (Å²) in [7, 11) is 0. The van der Waals surface area contributed by atoms with Crippen LogP contribution in [0.4, 0.5) is 8.78 Å². The lowest BCUT2D eigenvalue weighted by Crippen LogP contribution is -2.55. The molecule has 1 aliphatic carbocycles. The summed E-state index contributed by atoms with van der Waals surface area (Å²) in [4.78, 5) is 14.0. The summed E-state index contributed by atoms with van der Waals surface area (Å²) >= 11 is 0. The molecule has 1 amide bonds. The largest absolute Gasteiger partial charge is 0.330 e. The highest BCUT2D eigenvalue weighted by Crippen LogP contribution is 2.43. The van der Waals surface area contributed by atoms with Gasteiger partial charge in [0.05, 0.1) is 11.1 Å². The topological polar surface area (TPSA) is 32.3 Å².